The van der Waals surface area contributed by atoms with Gasteiger partial charge >= 0.3 is 0 Å². The predicted octanol–water partition coefficient (Wildman–Crippen LogP) is 1.90. The Morgan fingerprint density at radius 2 is 1.96 bits per heavy atom. The number of carbonyl (C=O) groups is 2. The van der Waals surface area contributed by atoms with Gasteiger partial charge in [0.15, 0.2) is 11.9 Å². The summed E-state index contributed by atoms with van der Waals surface area (Å²) in [6, 6.07) is 10.7. The molecule has 1 atom stereocenters. The number of aryl methyl sites for hydroxylation is 1. The largest absolute Gasteiger partial charge is 0.481 e. The molecule has 2 N–H and O–H groups in total. The molecule has 0 radical (unpaired) electrons. The molecule has 23 heavy (non-hydrogen) atoms. The van der Waals surface area contributed by atoms with E-state index < -0.39 is 6.10 Å². The summed E-state index contributed by atoms with van der Waals surface area (Å²) in [5, 5.41) is 5.36. The van der Waals surface area contributed by atoms with Crippen molar-refractivity contribution in [3.8, 4) is 5.75 Å². The first-order chi connectivity index (χ1) is 11.1. The van der Waals surface area contributed by atoms with Crippen molar-refractivity contribution in [2.24, 2.45) is 0 Å². The number of furan rings is 1. The lowest BCUT2D eigenvalue weighted by Crippen LogP contribution is -2.40. The third kappa shape index (κ3) is 5.18. The summed E-state index contributed by atoms with van der Waals surface area (Å²) in [5.41, 5.74) is 1.07. The van der Waals surface area contributed by atoms with Gasteiger partial charge in [-0.2, -0.15) is 0 Å². The fourth-order valence-corrected chi connectivity index (χ4v) is 1.95. The van der Waals surface area contributed by atoms with Crippen LogP contribution in [0.25, 0.3) is 0 Å². The van der Waals surface area contributed by atoms with Crippen LogP contribution in [0.15, 0.2) is 47.1 Å². The van der Waals surface area contributed by atoms with E-state index in [4.69, 9.17) is 9.15 Å². The monoisotopic (exact) mass is 316 g/mol. The van der Waals surface area contributed by atoms with Crippen molar-refractivity contribution in [2.45, 2.75) is 20.0 Å². The van der Waals surface area contributed by atoms with Crippen LogP contribution < -0.4 is 15.4 Å². The van der Waals surface area contributed by atoms with E-state index in [-0.39, 0.29) is 17.6 Å². The first-order valence-corrected chi connectivity index (χ1v) is 7.39. The van der Waals surface area contributed by atoms with Crippen molar-refractivity contribution in [1.82, 2.24) is 10.6 Å². The molecule has 2 rings (SSSR count). The lowest BCUT2D eigenvalue weighted by Gasteiger charge is -2.15. The zero-order valence-corrected chi connectivity index (χ0v) is 13.2. The molecule has 122 valence electrons. The van der Waals surface area contributed by atoms with Gasteiger partial charge in [-0.1, -0.05) is 12.1 Å². The van der Waals surface area contributed by atoms with Crippen LogP contribution in [0.5, 0.6) is 5.75 Å². The van der Waals surface area contributed by atoms with Gasteiger partial charge in [-0.25, -0.2) is 0 Å². The van der Waals surface area contributed by atoms with Crippen molar-refractivity contribution in [3.63, 3.8) is 0 Å². The quantitative estimate of drug-likeness (QED) is 0.765. The minimum absolute atomic E-state index is 0.237. The second-order valence-corrected chi connectivity index (χ2v) is 5.10. The van der Waals surface area contributed by atoms with Crippen LogP contribution in [0.1, 0.15) is 23.0 Å². The van der Waals surface area contributed by atoms with E-state index in [1.807, 2.05) is 25.1 Å². The Hall–Kier alpha value is -2.76. The van der Waals surface area contributed by atoms with E-state index >= 15 is 0 Å². The van der Waals surface area contributed by atoms with Crippen LogP contribution >= 0.6 is 0 Å². The maximum absolute atomic E-state index is 11.9. The fourth-order valence-electron chi connectivity index (χ4n) is 1.95. The number of hydrogen-bond donors (Lipinski definition) is 2. The Bertz CT molecular complexity index is 652. The van der Waals surface area contributed by atoms with Crippen molar-refractivity contribution >= 4 is 11.8 Å². The first-order valence-electron chi connectivity index (χ1n) is 7.39. The summed E-state index contributed by atoms with van der Waals surface area (Å²) in [4.78, 5) is 23.6. The SMILES string of the molecule is Cc1cccc(OC(C)C(=O)NCCNC(=O)c2ccco2)c1. The summed E-state index contributed by atoms with van der Waals surface area (Å²) in [6.07, 6.45) is 0.818. The average Bonchev–Trinajstić information content (AvgIpc) is 3.05. The molecule has 0 aliphatic rings. The maximum atomic E-state index is 11.9. The molecule has 1 aromatic heterocycles. The van der Waals surface area contributed by atoms with Crippen LogP contribution in [-0.2, 0) is 4.79 Å². The van der Waals surface area contributed by atoms with Crippen LogP contribution in [0.3, 0.4) is 0 Å². The maximum Gasteiger partial charge on any atom is 0.287 e. The lowest BCUT2D eigenvalue weighted by atomic mass is 10.2. The number of nitrogens with one attached hydrogen (secondary N) is 2. The molecule has 6 nitrogen and oxygen atoms in total. The Kier molecular flexibility index (Phi) is 5.80. The summed E-state index contributed by atoms with van der Waals surface area (Å²) in [7, 11) is 0. The number of rotatable bonds is 7. The molecule has 1 heterocycles. The Morgan fingerprint density at radius 3 is 2.65 bits per heavy atom. The van der Waals surface area contributed by atoms with Gasteiger partial charge in [0.2, 0.25) is 0 Å². The highest BCUT2D eigenvalue weighted by molar-refractivity contribution is 5.91. The molecule has 0 saturated heterocycles. The standard InChI is InChI=1S/C17H20N2O4/c1-12-5-3-6-14(11-12)23-13(2)16(20)18-8-9-19-17(21)15-7-4-10-22-15/h3-7,10-11,13H,8-9H2,1-2H3,(H,18,20)(H,19,21). The third-order valence-corrected chi connectivity index (χ3v) is 3.13. The zero-order chi connectivity index (χ0) is 16.7. The van der Waals surface area contributed by atoms with Crippen LogP contribution in [0.2, 0.25) is 0 Å². The first kappa shape index (κ1) is 16.6. The van der Waals surface area contributed by atoms with Crippen molar-refractivity contribution < 1.29 is 18.7 Å². The molecule has 0 spiro atoms. The molecule has 1 unspecified atom stereocenters. The fraction of sp³-hybridized carbons (Fsp3) is 0.294. The van der Waals surface area contributed by atoms with Gasteiger partial charge in [0.05, 0.1) is 6.26 Å². The molecule has 0 aliphatic heterocycles. The van der Waals surface area contributed by atoms with E-state index in [0.29, 0.717) is 18.8 Å². The van der Waals surface area contributed by atoms with Crippen molar-refractivity contribution in [3.05, 3.63) is 54.0 Å². The summed E-state index contributed by atoms with van der Waals surface area (Å²) in [6.45, 7) is 4.26. The average molecular weight is 316 g/mol. The highest BCUT2D eigenvalue weighted by Gasteiger charge is 2.14. The van der Waals surface area contributed by atoms with Crippen LogP contribution in [-0.4, -0.2) is 31.0 Å². The normalized spacial score (nSPS) is 11.6. The third-order valence-electron chi connectivity index (χ3n) is 3.13. The minimum Gasteiger partial charge on any atom is -0.481 e. The number of amides is 2. The molecule has 0 fully saturated rings. The number of ether oxygens (including phenoxy) is 1. The highest BCUT2D eigenvalue weighted by atomic mass is 16.5. The van der Waals surface area contributed by atoms with Gasteiger partial charge < -0.3 is 19.8 Å². The van der Waals surface area contributed by atoms with E-state index in [1.165, 1.54) is 6.26 Å². The molecule has 2 aromatic rings. The molecule has 0 saturated carbocycles. The van der Waals surface area contributed by atoms with Crippen molar-refractivity contribution in [1.29, 1.82) is 0 Å². The number of hydrogen-bond acceptors (Lipinski definition) is 4. The molecule has 2 amide bonds. The number of carbonyl (C=O) groups excluding carboxylic acids is 2. The van der Waals surface area contributed by atoms with Crippen LogP contribution in [0.4, 0.5) is 0 Å². The summed E-state index contributed by atoms with van der Waals surface area (Å²) >= 11 is 0. The molecule has 0 aliphatic carbocycles. The molecule has 1 aromatic carbocycles. The second kappa shape index (κ2) is 8.03. The Morgan fingerprint density at radius 1 is 1.17 bits per heavy atom. The van der Waals surface area contributed by atoms with Gasteiger partial charge in [-0.05, 0) is 43.7 Å². The second-order valence-electron chi connectivity index (χ2n) is 5.10. The highest BCUT2D eigenvalue weighted by Crippen LogP contribution is 2.14. The van der Waals surface area contributed by atoms with Crippen molar-refractivity contribution in [2.75, 3.05) is 13.1 Å². The minimum atomic E-state index is -0.613. The summed E-state index contributed by atoms with van der Waals surface area (Å²) in [5.74, 6) is 0.346. The topological polar surface area (TPSA) is 80.6 Å². The van der Waals surface area contributed by atoms with Gasteiger partial charge in [0.25, 0.3) is 11.8 Å². The van der Waals surface area contributed by atoms with Gasteiger partial charge in [0.1, 0.15) is 5.75 Å². The van der Waals surface area contributed by atoms with E-state index in [0.717, 1.165) is 5.56 Å². The van der Waals surface area contributed by atoms with E-state index in [9.17, 15) is 9.59 Å². The molecular weight excluding hydrogens is 296 g/mol. The Balaban J connectivity index is 1.69. The van der Waals surface area contributed by atoms with Gasteiger partial charge in [-0.15, -0.1) is 0 Å². The van der Waals surface area contributed by atoms with E-state index in [2.05, 4.69) is 10.6 Å². The molecule has 6 heteroatoms. The van der Waals surface area contributed by atoms with Gasteiger partial charge in [-0.3, -0.25) is 9.59 Å². The molecular formula is C17H20N2O4. The summed E-state index contributed by atoms with van der Waals surface area (Å²) < 4.78 is 10.5. The predicted molar refractivity (Wildman–Crippen MR) is 85.3 cm³/mol. The lowest BCUT2D eigenvalue weighted by molar-refractivity contribution is -0.127. The Labute approximate surface area is 134 Å². The van der Waals surface area contributed by atoms with E-state index in [1.54, 1.807) is 25.1 Å². The number of benzene rings is 1. The van der Waals surface area contributed by atoms with Gasteiger partial charge in [0, 0.05) is 13.1 Å². The zero-order valence-electron chi connectivity index (χ0n) is 13.2. The smallest absolute Gasteiger partial charge is 0.287 e. The van der Waals surface area contributed by atoms with Crippen LogP contribution in [0, 0.1) is 6.92 Å². The molecule has 0 bridgehead atoms.